The Morgan fingerprint density at radius 1 is 1.25 bits per heavy atom. The van der Waals surface area contributed by atoms with Crippen molar-refractivity contribution < 1.29 is 9.47 Å². The molecule has 1 aliphatic heterocycles. The number of aryl methyl sites for hydroxylation is 1. The zero-order valence-electron chi connectivity index (χ0n) is 8.98. The normalized spacial score (nSPS) is 12.5. The molecule has 1 aromatic rings. The molecule has 1 aromatic carbocycles. The molecule has 0 radical (unpaired) electrons. The first-order valence-corrected chi connectivity index (χ1v) is 5.19. The number of nitrogens with zero attached hydrogens (tertiary/aromatic N) is 1. The van der Waals surface area contributed by atoms with Gasteiger partial charge in [-0.2, -0.15) is 0 Å². The van der Waals surface area contributed by atoms with Gasteiger partial charge in [-0.15, -0.1) is 0 Å². The SMILES string of the molecule is NC(N)=NCCCc1ccc2c(c1)OCO2. The van der Waals surface area contributed by atoms with Crippen LogP contribution in [0.15, 0.2) is 23.2 Å². The maximum Gasteiger partial charge on any atom is 0.231 e. The molecule has 4 N–H and O–H groups in total. The average Bonchev–Trinajstić information content (AvgIpc) is 2.71. The highest BCUT2D eigenvalue weighted by molar-refractivity contribution is 5.75. The monoisotopic (exact) mass is 221 g/mol. The fraction of sp³-hybridized carbons (Fsp3) is 0.364. The van der Waals surface area contributed by atoms with Gasteiger partial charge < -0.3 is 20.9 Å². The fourth-order valence-electron chi connectivity index (χ4n) is 1.59. The first-order valence-electron chi connectivity index (χ1n) is 5.19. The van der Waals surface area contributed by atoms with Gasteiger partial charge in [-0.3, -0.25) is 4.99 Å². The Hall–Kier alpha value is -1.91. The molecule has 0 aliphatic carbocycles. The smallest absolute Gasteiger partial charge is 0.231 e. The van der Waals surface area contributed by atoms with Gasteiger partial charge in [0.1, 0.15) is 0 Å². The molecule has 5 nitrogen and oxygen atoms in total. The summed E-state index contributed by atoms with van der Waals surface area (Å²) in [5.41, 5.74) is 11.7. The summed E-state index contributed by atoms with van der Waals surface area (Å²) in [6, 6.07) is 5.96. The molecule has 0 saturated heterocycles. The van der Waals surface area contributed by atoms with Gasteiger partial charge in [-0.05, 0) is 30.5 Å². The van der Waals surface area contributed by atoms with E-state index < -0.39 is 0 Å². The molecule has 0 aromatic heterocycles. The first kappa shape index (κ1) is 10.6. The number of benzene rings is 1. The van der Waals surface area contributed by atoms with Crippen LogP contribution in [0.3, 0.4) is 0 Å². The lowest BCUT2D eigenvalue weighted by atomic mass is 10.1. The predicted octanol–water partition coefficient (Wildman–Crippen LogP) is 0.621. The van der Waals surface area contributed by atoms with Gasteiger partial charge in [0.05, 0.1) is 0 Å². The molecule has 0 fully saturated rings. The van der Waals surface area contributed by atoms with Gasteiger partial charge in [0.15, 0.2) is 17.5 Å². The van der Waals surface area contributed by atoms with E-state index >= 15 is 0 Å². The Labute approximate surface area is 94.1 Å². The predicted molar refractivity (Wildman–Crippen MR) is 61.6 cm³/mol. The first-order chi connectivity index (χ1) is 7.75. The molecule has 5 heteroatoms. The molecule has 16 heavy (non-hydrogen) atoms. The van der Waals surface area contributed by atoms with Crippen molar-refractivity contribution in [3.8, 4) is 11.5 Å². The van der Waals surface area contributed by atoms with Crippen LogP contribution in [-0.2, 0) is 6.42 Å². The van der Waals surface area contributed by atoms with Crippen molar-refractivity contribution in [1.29, 1.82) is 0 Å². The van der Waals surface area contributed by atoms with Gasteiger partial charge in [0.2, 0.25) is 6.79 Å². The quantitative estimate of drug-likeness (QED) is 0.443. The number of ether oxygens (including phenoxy) is 2. The molecule has 0 saturated carbocycles. The summed E-state index contributed by atoms with van der Waals surface area (Å²) in [4.78, 5) is 3.93. The standard InChI is InChI=1S/C11H15N3O2/c12-11(13)14-5-1-2-8-3-4-9-10(6-8)16-7-15-9/h3-4,6H,1-2,5,7H2,(H4,12,13,14). The van der Waals surface area contributed by atoms with Gasteiger partial charge in [-0.1, -0.05) is 6.07 Å². The van der Waals surface area contributed by atoms with Crippen LogP contribution in [0.25, 0.3) is 0 Å². The lowest BCUT2D eigenvalue weighted by Gasteiger charge is -2.01. The van der Waals surface area contributed by atoms with Crippen LogP contribution in [0.5, 0.6) is 11.5 Å². The van der Waals surface area contributed by atoms with Crippen LogP contribution in [0.2, 0.25) is 0 Å². The number of hydrogen-bond acceptors (Lipinski definition) is 3. The number of guanidine groups is 1. The summed E-state index contributed by atoms with van der Waals surface area (Å²) in [7, 11) is 0. The molecule has 0 bridgehead atoms. The van der Waals surface area contributed by atoms with E-state index in [1.54, 1.807) is 0 Å². The minimum atomic E-state index is 0.144. The van der Waals surface area contributed by atoms with E-state index in [1.807, 2.05) is 18.2 Å². The summed E-state index contributed by atoms with van der Waals surface area (Å²) < 4.78 is 10.5. The van der Waals surface area contributed by atoms with Gasteiger partial charge in [-0.25, -0.2) is 0 Å². The van der Waals surface area contributed by atoms with E-state index in [-0.39, 0.29) is 5.96 Å². The van der Waals surface area contributed by atoms with E-state index in [1.165, 1.54) is 5.56 Å². The highest BCUT2D eigenvalue weighted by Gasteiger charge is 2.12. The van der Waals surface area contributed by atoms with Crippen LogP contribution >= 0.6 is 0 Å². The molecule has 0 atom stereocenters. The van der Waals surface area contributed by atoms with Crippen LogP contribution < -0.4 is 20.9 Å². The molecule has 0 spiro atoms. The molecular formula is C11H15N3O2. The lowest BCUT2D eigenvalue weighted by Crippen LogP contribution is -2.23. The third-order valence-corrected chi connectivity index (χ3v) is 2.35. The Kier molecular flexibility index (Phi) is 3.14. The van der Waals surface area contributed by atoms with Gasteiger partial charge >= 0.3 is 0 Å². The maximum absolute atomic E-state index is 5.29. The number of rotatable bonds is 4. The van der Waals surface area contributed by atoms with E-state index in [9.17, 15) is 0 Å². The zero-order valence-corrected chi connectivity index (χ0v) is 8.98. The van der Waals surface area contributed by atoms with Gasteiger partial charge in [0, 0.05) is 6.54 Å². The Bertz CT molecular complexity index is 400. The molecule has 1 heterocycles. The van der Waals surface area contributed by atoms with Crippen molar-refractivity contribution in [2.45, 2.75) is 12.8 Å². The molecule has 0 unspecified atom stereocenters. The van der Waals surface area contributed by atoms with Gasteiger partial charge in [0.25, 0.3) is 0 Å². The Morgan fingerprint density at radius 2 is 2.06 bits per heavy atom. The summed E-state index contributed by atoms with van der Waals surface area (Å²) in [6.45, 7) is 0.962. The minimum Gasteiger partial charge on any atom is -0.454 e. The highest BCUT2D eigenvalue weighted by Crippen LogP contribution is 2.32. The Balaban J connectivity index is 1.88. The van der Waals surface area contributed by atoms with E-state index in [0.29, 0.717) is 13.3 Å². The van der Waals surface area contributed by atoms with Crippen molar-refractivity contribution in [2.24, 2.45) is 16.5 Å². The second kappa shape index (κ2) is 4.74. The summed E-state index contributed by atoms with van der Waals surface area (Å²) in [5, 5.41) is 0. The van der Waals surface area contributed by atoms with Crippen molar-refractivity contribution in [2.75, 3.05) is 13.3 Å². The molecule has 86 valence electrons. The van der Waals surface area contributed by atoms with Crippen molar-refractivity contribution in [3.05, 3.63) is 23.8 Å². The lowest BCUT2D eigenvalue weighted by molar-refractivity contribution is 0.174. The maximum atomic E-state index is 5.29. The van der Waals surface area contributed by atoms with Crippen molar-refractivity contribution in [3.63, 3.8) is 0 Å². The number of hydrogen-bond donors (Lipinski definition) is 2. The molecule has 1 aliphatic rings. The molecule has 0 amide bonds. The molecule has 2 rings (SSSR count). The van der Waals surface area contributed by atoms with Crippen LogP contribution in [0, 0.1) is 0 Å². The topological polar surface area (TPSA) is 82.9 Å². The number of nitrogens with two attached hydrogens (primary N) is 2. The second-order valence-electron chi connectivity index (χ2n) is 3.60. The van der Waals surface area contributed by atoms with E-state index in [2.05, 4.69) is 4.99 Å². The van der Waals surface area contributed by atoms with Crippen LogP contribution in [0.1, 0.15) is 12.0 Å². The van der Waals surface area contributed by atoms with E-state index in [4.69, 9.17) is 20.9 Å². The third kappa shape index (κ3) is 2.56. The summed E-state index contributed by atoms with van der Waals surface area (Å²) in [5.74, 6) is 1.78. The summed E-state index contributed by atoms with van der Waals surface area (Å²) >= 11 is 0. The molecular weight excluding hydrogens is 206 g/mol. The van der Waals surface area contributed by atoms with E-state index in [0.717, 1.165) is 24.3 Å². The zero-order chi connectivity index (χ0) is 11.4. The van der Waals surface area contributed by atoms with Crippen LogP contribution in [-0.4, -0.2) is 19.3 Å². The average molecular weight is 221 g/mol. The second-order valence-corrected chi connectivity index (χ2v) is 3.60. The Morgan fingerprint density at radius 3 is 2.88 bits per heavy atom. The summed E-state index contributed by atoms with van der Waals surface area (Å²) in [6.07, 6.45) is 1.84. The third-order valence-electron chi connectivity index (χ3n) is 2.35. The largest absolute Gasteiger partial charge is 0.454 e. The van der Waals surface area contributed by atoms with Crippen molar-refractivity contribution in [1.82, 2.24) is 0 Å². The van der Waals surface area contributed by atoms with Crippen molar-refractivity contribution >= 4 is 5.96 Å². The van der Waals surface area contributed by atoms with Crippen LogP contribution in [0.4, 0.5) is 0 Å². The fourth-order valence-corrected chi connectivity index (χ4v) is 1.59. The number of aliphatic imine (C=N–C) groups is 1. The highest BCUT2D eigenvalue weighted by atomic mass is 16.7. The number of fused-ring (bicyclic) bond motifs is 1. The minimum absolute atomic E-state index is 0.144.